The number of hydrogen-bond acceptors (Lipinski definition) is 4. The van der Waals surface area contributed by atoms with Crippen LogP contribution in [-0.2, 0) is 0 Å². The first-order chi connectivity index (χ1) is 29.7. The maximum absolute atomic E-state index is 5.32. The van der Waals surface area contributed by atoms with Crippen molar-refractivity contribution in [3.05, 3.63) is 218 Å². The zero-order valence-corrected chi connectivity index (χ0v) is 32.6. The van der Waals surface area contributed by atoms with Gasteiger partial charge in [0, 0.05) is 38.4 Å². The number of pyridine rings is 1. The summed E-state index contributed by atoms with van der Waals surface area (Å²) >= 11 is 0. The summed E-state index contributed by atoms with van der Waals surface area (Å²) in [7, 11) is 0. The summed E-state index contributed by atoms with van der Waals surface area (Å²) in [6.45, 7) is 0. The zero-order chi connectivity index (χ0) is 39.8. The molecule has 11 aromatic rings. The summed E-state index contributed by atoms with van der Waals surface area (Å²) in [5.74, 6) is 1.88. The summed E-state index contributed by atoms with van der Waals surface area (Å²) in [6, 6.07) is 76.4. The molecule has 11 rings (SSSR count). The summed E-state index contributed by atoms with van der Waals surface area (Å²) in [6.07, 6.45) is 0. The predicted octanol–water partition coefficient (Wildman–Crippen LogP) is 14.4. The Hall–Kier alpha value is -8.08. The van der Waals surface area contributed by atoms with Crippen LogP contribution in [0.15, 0.2) is 218 Å². The number of benzene rings is 9. The SMILES string of the molecule is c1ccc(-c2ccc(-c3nc(-c4ccc(-c5ccccc5)cc4)nc(-c4ccc(-c5ccc(-c6nc7c8ccccc8ccc7c7ccccc67)cc5)cc4)n3)cc2)cc1. The van der Waals surface area contributed by atoms with Gasteiger partial charge < -0.3 is 0 Å². The molecule has 2 aromatic heterocycles. The highest BCUT2D eigenvalue weighted by molar-refractivity contribution is 6.18. The van der Waals surface area contributed by atoms with Crippen LogP contribution in [0.5, 0.6) is 0 Å². The van der Waals surface area contributed by atoms with Crippen molar-refractivity contribution in [3.63, 3.8) is 0 Å². The van der Waals surface area contributed by atoms with Gasteiger partial charge in [-0.05, 0) is 44.2 Å². The molecular formula is C56H36N4. The van der Waals surface area contributed by atoms with Gasteiger partial charge in [-0.2, -0.15) is 0 Å². The van der Waals surface area contributed by atoms with Crippen molar-refractivity contribution in [1.82, 2.24) is 19.9 Å². The van der Waals surface area contributed by atoms with Crippen molar-refractivity contribution >= 4 is 32.4 Å². The molecule has 0 aliphatic heterocycles. The Morgan fingerprint density at radius 1 is 0.200 bits per heavy atom. The number of aromatic nitrogens is 4. The maximum Gasteiger partial charge on any atom is 0.164 e. The number of hydrogen-bond donors (Lipinski definition) is 0. The van der Waals surface area contributed by atoms with Crippen LogP contribution in [0.25, 0.3) is 111 Å². The first-order valence-electron chi connectivity index (χ1n) is 20.2. The molecule has 9 aromatic carbocycles. The van der Waals surface area contributed by atoms with Gasteiger partial charge in [0.25, 0.3) is 0 Å². The van der Waals surface area contributed by atoms with E-state index in [-0.39, 0.29) is 0 Å². The van der Waals surface area contributed by atoms with Gasteiger partial charge in [0.1, 0.15) is 0 Å². The van der Waals surface area contributed by atoms with Gasteiger partial charge in [-0.1, -0.05) is 218 Å². The molecule has 2 heterocycles. The Morgan fingerprint density at radius 3 is 1.02 bits per heavy atom. The Labute approximate surface area is 348 Å². The molecule has 60 heavy (non-hydrogen) atoms. The minimum absolute atomic E-state index is 0.623. The molecule has 0 spiro atoms. The fraction of sp³-hybridized carbons (Fsp3) is 0. The lowest BCUT2D eigenvalue weighted by molar-refractivity contribution is 1.07. The first-order valence-corrected chi connectivity index (χ1v) is 20.2. The van der Waals surface area contributed by atoms with Crippen LogP contribution in [0.3, 0.4) is 0 Å². The molecule has 0 atom stereocenters. The third kappa shape index (κ3) is 6.56. The third-order valence-electron chi connectivity index (χ3n) is 11.4. The molecule has 0 saturated heterocycles. The first kappa shape index (κ1) is 35.1. The van der Waals surface area contributed by atoms with E-state index in [1.165, 1.54) is 27.3 Å². The fourth-order valence-corrected chi connectivity index (χ4v) is 8.19. The molecule has 0 bridgehead atoms. The Kier molecular flexibility index (Phi) is 8.79. The topological polar surface area (TPSA) is 51.6 Å². The largest absolute Gasteiger partial charge is 0.246 e. The van der Waals surface area contributed by atoms with Crippen molar-refractivity contribution in [3.8, 4) is 78.8 Å². The molecule has 0 amide bonds. The lowest BCUT2D eigenvalue weighted by Gasteiger charge is -2.12. The van der Waals surface area contributed by atoms with Crippen LogP contribution in [-0.4, -0.2) is 19.9 Å². The van der Waals surface area contributed by atoms with Crippen LogP contribution in [0.4, 0.5) is 0 Å². The molecule has 4 heteroatoms. The minimum atomic E-state index is 0.623. The minimum Gasteiger partial charge on any atom is -0.246 e. The van der Waals surface area contributed by atoms with E-state index in [4.69, 9.17) is 19.9 Å². The van der Waals surface area contributed by atoms with E-state index in [2.05, 4.69) is 206 Å². The van der Waals surface area contributed by atoms with Crippen LogP contribution >= 0.6 is 0 Å². The van der Waals surface area contributed by atoms with Gasteiger partial charge in [-0.25, -0.2) is 19.9 Å². The van der Waals surface area contributed by atoms with Crippen LogP contribution in [0.1, 0.15) is 0 Å². The highest BCUT2D eigenvalue weighted by atomic mass is 15.0. The van der Waals surface area contributed by atoms with E-state index < -0.39 is 0 Å². The molecule has 0 aliphatic carbocycles. The molecule has 0 unspecified atom stereocenters. The summed E-state index contributed by atoms with van der Waals surface area (Å²) < 4.78 is 0. The van der Waals surface area contributed by atoms with Gasteiger partial charge >= 0.3 is 0 Å². The summed E-state index contributed by atoms with van der Waals surface area (Å²) in [5, 5.41) is 5.88. The molecule has 0 radical (unpaired) electrons. The average Bonchev–Trinajstić information content (AvgIpc) is 3.34. The van der Waals surface area contributed by atoms with Gasteiger partial charge in [0.2, 0.25) is 0 Å². The van der Waals surface area contributed by atoms with E-state index in [0.717, 1.165) is 66.5 Å². The number of nitrogens with zero attached hydrogens (tertiary/aromatic N) is 4. The third-order valence-corrected chi connectivity index (χ3v) is 11.4. The number of rotatable bonds is 7. The quantitative estimate of drug-likeness (QED) is 0.152. The van der Waals surface area contributed by atoms with Crippen LogP contribution in [0, 0.1) is 0 Å². The molecule has 0 N–H and O–H groups in total. The van der Waals surface area contributed by atoms with Crippen molar-refractivity contribution in [2.75, 3.05) is 0 Å². The van der Waals surface area contributed by atoms with E-state index in [0.29, 0.717) is 17.5 Å². The molecule has 0 saturated carbocycles. The zero-order valence-electron chi connectivity index (χ0n) is 32.6. The van der Waals surface area contributed by atoms with Crippen LogP contribution in [0.2, 0.25) is 0 Å². The lowest BCUT2D eigenvalue weighted by Crippen LogP contribution is -2.00. The molecule has 4 nitrogen and oxygen atoms in total. The van der Waals surface area contributed by atoms with E-state index in [1.807, 2.05) is 12.1 Å². The predicted molar refractivity (Wildman–Crippen MR) is 248 cm³/mol. The van der Waals surface area contributed by atoms with Crippen molar-refractivity contribution in [1.29, 1.82) is 0 Å². The second-order valence-corrected chi connectivity index (χ2v) is 15.0. The smallest absolute Gasteiger partial charge is 0.164 e. The average molecular weight is 765 g/mol. The highest BCUT2D eigenvalue weighted by Crippen LogP contribution is 2.37. The maximum atomic E-state index is 5.32. The van der Waals surface area contributed by atoms with E-state index >= 15 is 0 Å². The second kappa shape index (κ2) is 15.0. The van der Waals surface area contributed by atoms with Crippen molar-refractivity contribution in [2.45, 2.75) is 0 Å². The molecule has 0 aliphatic rings. The Balaban J connectivity index is 0.937. The van der Waals surface area contributed by atoms with Crippen molar-refractivity contribution in [2.24, 2.45) is 0 Å². The van der Waals surface area contributed by atoms with E-state index in [9.17, 15) is 0 Å². The Morgan fingerprint density at radius 2 is 0.550 bits per heavy atom. The van der Waals surface area contributed by atoms with Crippen molar-refractivity contribution < 1.29 is 0 Å². The molecule has 0 fully saturated rings. The summed E-state index contributed by atoms with van der Waals surface area (Å²) in [5.41, 5.74) is 12.7. The van der Waals surface area contributed by atoms with Gasteiger partial charge in [-0.15, -0.1) is 0 Å². The second-order valence-electron chi connectivity index (χ2n) is 15.0. The van der Waals surface area contributed by atoms with Crippen LogP contribution < -0.4 is 0 Å². The summed E-state index contributed by atoms with van der Waals surface area (Å²) in [4.78, 5) is 20.5. The highest BCUT2D eigenvalue weighted by Gasteiger charge is 2.15. The van der Waals surface area contributed by atoms with E-state index in [1.54, 1.807) is 0 Å². The monoisotopic (exact) mass is 764 g/mol. The number of fused-ring (bicyclic) bond motifs is 5. The molecule has 280 valence electrons. The fourth-order valence-electron chi connectivity index (χ4n) is 8.19. The van der Waals surface area contributed by atoms with Gasteiger partial charge in [0.15, 0.2) is 17.5 Å². The van der Waals surface area contributed by atoms with Gasteiger partial charge in [0.05, 0.1) is 11.2 Å². The molecular weight excluding hydrogens is 729 g/mol. The normalized spacial score (nSPS) is 11.3. The van der Waals surface area contributed by atoms with Gasteiger partial charge in [-0.3, -0.25) is 0 Å². The Bertz CT molecular complexity index is 3210. The standard InChI is InChI=1S/C56H36N4/c1-3-11-37(12-4-1)39-21-29-45(30-22-39)54-58-55(46-31-23-40(24-32-46)38-13-5-2-6-14-38)60-56(59-54)47-33-25-42(26-34-47)41-19-27-44(28-20-41)52-50-18-10-9-17-49(50)51-36-35-43-15-7-8-16-48(43)53(51)57-52/h1-36H. The lowest BCUT2D eigenvalue weighted by atomic mass is 9.96.